The molecule has 0 bridgehead atoms. The Bertz CT molecular complexity index is 1350. The Kier molecular flexibility index (Phi) is 5.72. The molecular weight excluding hydrogens is 427 g/mol. The van der Waals surface area contributed by atoms with Gasteiger partial charge in [-0.15, -0.1) is 0 Å². The number of rotatable bonds is 5. The number of halogens is 1. The van der Waals surface area contributed by atoms with Gasteiger partial charge in [0.25, 0.3) is 0 Å². The molecule has 2 heterocycles. The first-order chi connectivity index (χ1) is 16.5. The molecule has 3 aromatic carbocycles. The fourth-order valence-corrected chi connectivity index (χ4v) is 3.96. The number of nitrogens with zero attached hydrogens (tertiary/aromatic N) is 3. The maximum atomic E-state index is 13.6. The van der Waals surface area contributed by atoms with Crippen molar-refractivity contribution >= 4 is 23.6 Å². The lowest BCUT2D eigenvalue weighted by molar-refractivity contribution is -0.128. The van der Waals surface area contributed by atoms with Crippen LogP contribution in [0.5, 0.6) is 0 Å². The normalized spacial score (nSPS) is 12.5. The topological polar surface area (TPSA) is 50.2 Å². The van der Waals surface area contributed by atoms with Gasteiger partial charge < -0.3 is 10.2 Å². The van der Waals surface area contributed by atoms with Crippen LogP contribution in [-0.4, -0.2) is 20.4 Å². The van der Waals surface area contributed by atoms with Crippen molar-refractivity contribution in [1.29, 1.82) is 0 Å². The van der Waals surface area contributed by atoms with E-state index in [2.05, 4.69) is 5.32 Å². The highest BCUT2D eigenvalue weighted by Crippen LogP contribution is 2.33. The average Bonchev–Trinajstić information content (AvgIpc) is 3.20. The first kappa shape index (κ1) is 21.6. The van der Waals surface area contributed by atoms with Gasteiger partial charge >= 0.3 is 0 Å². The van der Waals surface area contributed by atoms with E-state index in [0.717, 1.165) is 34.0 Å². The van der Waals surface area contributed by atoms with Crippen LogP contribution in [0.1, 0.15) is 22.5 Å². The highest BCUT2D eigenvalue weighted by atomic mass is 19.1. The highest BCUT2D eigenvalue weighted by molar-refractivity contribution is 5.82. The number of hydrogen-bond donors (Lipinski definition) is 1. The van der Waals surface area contributed by atoms with Gasteiger partial charge in [0.15, 0.2) is 0 Å². The Morgan fingerprint density at radius 3 is 2.24 bits per heavy atom. The molecule has 0 saturated carbocycles. The number of imidazole rings is 1. The van der Waals surface area contributed by atoms with Gasteiger partial charge in [0, 0.05) is 23.7 Å². The molecule has 1 aliphatic heterocycles. The average molecular weight is 453 g/mol. The number of fused-ring (bicyclic) bond motifs is 1. The maximum Gasteiger partial charge on any atom is 0.231 e. The molecule has 0 atom stereocenters. The Hall–Kier alpha value is -4.19. The summed E-state index contributed by atoms with van der Waals surface area (Å²) in [6, 6.07) is 22.4. The minimum absolute atomic E-state index is 0.00530. The third-order valence-corrected chi connectivity index (χ3v) is 5.92. The molecule has 1 aromatic heterocycles. The molecule has 0 aliphatic carbocycles. The summed E-state index contributed by atoms with van der Waals surface area (Å²) >= 11 is 0. The number of benzene rings is 3. The Morgan fingerprint density at radius 2 is 1.56 bits per heavy atom. The third kappa shape index (κ3) is 4.48. The fraction of sp³-hybridized carbons (Fsp3) is 0.143. The van der Waals surface area contributed by atoms with Crippen molar-refractivity contribution in [1.82, 2.24) is 14.5 Å². The molecule has 1 N–H and O–H groups in total. The van der Waals surface area contributed by atoms with Gasteiger partial charge in [-0.05, 0) is 55.8 Å². The molecule has 0 fully saturated rings. The zero-order valence-corrected chi connectivity index (χ0v) is 19.1. The lowest BCUT2D eigenvalue weighted by Crippen LogP contribution is -2.30. The largest absolute Gasteiger partial charge is 0.339 e. The number of carbonyl (C=O) groups excluding carboxylic acids is 1. The highest BCUT2D eigenvalue weighted by Gasteiger charge is 2.24. The summed E-state index contributed by atoms with van der Waals surface area (Å²) in [6.45, 7) is 4.42. The number of anilines is 2. The van der Waals surface area contributed by atoms with E-state index >= 15 is 0 Å². The summed E-state index contributed by atoms with van der Waals surface area (Å²) in [4.78, 5) is 19.5. The number of amides is 1. The van der Waals surface area contributed by atoms with Crippen LogP contribution in [0.25, 0.3) is 17.5 Å². The van der Waals surface area contributed by atoms with E-state index in [1.54, 1.807) is 23.2 Å². The molecule has 170 valence electrons. The number of hydrogen-bond acceptors (Lipinski definition) is 3. The van der Waals surface area contributed by atoms with Gasteiger partial charge in [0.2, 0.25) is 5.91 Å². The zero-order chi connectivity index (χ0) is 23.7. The number of aryl methyl sites for hydroxylation is 2. The molecule has 0 radical (unpaired) electrons. The van der Waals surface area contributed by atoms with Gasteiger partial charge in [-0.1, -0.05) is 47.5 Å². The maximum absolute atomic E-state index is 13.6. The first-order valence-corrected chi connectivity index (χ1v) is 11.2. The van der Waals surface area contributed by atoms with Gasteiger partial charge in [0.1, 0.15) is 23.2 Å². The standard InChI is InChI=1S/C28H25FN4O/c1-19-3-7-21(8-4-19)17-26(34)32-15-16-33-25(18-32)31-27(22-9-11-23(29)12-10-22)28(33)30-24-13-5-20(2)6-14-24/h3-16,30H,17-18H2,1-2H3. The van der Waals surface area contributed by atoms with E-state index in [1.807, 2.05) is 73.1 Å². The van der Waals surface area contributed by atoms with E-state index in [0.29, 0.717) is 18.7 Å². The van der Waals surface area contributed by atoms with Crippen LogP contribution >= 0.6 is 0 Å². The summed E-state index contributed by atoms with van der Waals surface area (Å²) < 4.78 is 15.5. The van der Waals surface area contributed by atoms with Crippen LogP contribution in [-0.2, 0) is 17.8 Å². The monoisotopic (exact) mass is 452 g/mol. The second-order valence-electron chi connectivity index (χ2n) is 8.58. The van der Waals surface area contributed by atoms with Crippen LogP contribution in [0.4, 0.5) is 15.9 Å². The lowest BCUT2D eigenvalue weighted by Gasteiger charge is -2.23. The van der Waals surface area contributed by atoms with Crippen LogP contribution in [0, 0.1) is 19.7 Å². The van der Waals surface area contributed by atoms with Gasteiger partial charge in [-0.2, -0.15) is 0 Å². The van der Waals surface area contributed by atoms with Crippen molar-refractivity contribution in [2.75, 3.05) is 5.32 Å². The summed E-state index contributed by atoms with van der Waals surface area (Å²) in [5.74, 6) is 1.21. The molecule has 4 aromatic rings. The predicted molar refractivity (Wildman–Crippen MR) is 133 cm³/mol. The summed E-state index contributed by atoms with van der Waals surface area (Å²) in [6.07, 6.45) is 3.97. The lowest BCUT2D eigenvalue weighted by atomic mass is 10.1. The number of nitrogens with one attached hydrogen (secondary N) is 1. The van der Waals surface area contributed by atoms with Crippen molar-refractivity contribution in [2.45, 2.75) is 26.8 Å². The minimum atomic E-state index is -0.298. The number of carbonyl (C=O) groups is 1. The summed E-state index contributed by atoms with van der Waals surface area (Å²) in [5.41, 5.74) is 5.73. The molecule has 5 rings (SSSR count). The smallest absolute Gasteiger partial charge is 0.231 e. The Balaban J connectivity index is 1.46. The Labute approximate surface area is 198 Å². The van der Waals surface area contributed by atoms with Crippen molar-refractivity contribution in [3.63, 3.8) is 0 Å². The van der Waals surface area contributed by atoms with E-state index in [4.69, 9.17) is 4.98 Å². The van der Waals surface area contributed by atoms with E-state index in [1.165, 1.54) is 17.7 Å². The van der Waals surface area contributed by atoms with Crippen LogP contribution in [0.15, 0.2) is 79.0 Å². The SMILES string of the molecule is Cc1ccc(CC(=O)N2C=Cn3c(nc(-c4ccc(F)cc4)c3Nc3ccc(C)cc3)C2)cc1. The molecule has 1 amide bonds. The second-order valence-corrected chi connectivity index (χ2v) is 8.58. The molecule has 0 unspecified atom stereocenters. The summed E-state index contributed by atoms with van der Waals surface area (Å²) in [5, 5.41) is 3.46. The van der Waals surface area contributed by atoms with Gasteiger partial charge in [-0.25, -0.2) is 9.37 Å². The van der Waals surface area contributed by atoms with Crippen LogP contribution in [0.2, 0.25) is 0 Å². The zero-order valence-electron chi connectivity index (χ0n) is 19.1. The Morgan fingerprint density at radius 1 is 0.912 bits per heavy atom. The van der Waals surface area contributed by atoms with Crippen molar-refractivity contribution in [3.05, 3.63) is 107 Å². The van der Waals surface area contributed by atoms with E-state index in [9.17, 15) is 9.18 Å². The fourth-order valence-electron chi connectivity index (χ4n) is 3.96. The van der Waals surface area contributed by atoms with E-state index in [-0.39, 0.29) is 11.7 Å². The number of aromatic nitrogens is 2. The third-order valence-electron chi connectivity index (χ3n) is 5.92. The van der Waals surface area contributed by atoms with Crippen molar-refractivity contribution in [2.24, 2.45) is 0 Å². The predicted octanol–water partition coefficient (Wildman–Crippen LogP) is 6.06. The molecule has 0 saturated heterocycles. The molecule has 0 spiro atoms. The molecular formula is C28H25FN4O. The van der Waals surface area contributed by atoms with Crippen LogP contribution < -0.4 is 5.32 Å². The molecule has 34 heavy (non-hydrogen) atoms. The van der Waals surface area contributed by atoms with E-state index < -0.39 is 0 Å². The van der Waals surface area contributed by atoms with Crippen molar-refractivity contribution < 1.29 is 9.18 Å². The second kappa shape index (κ2) is 8.98. The minimum Gasteiger partial charge on any atom is -0.339 e. The first-order valence-electron chi connectivity index (χ1n) is 11.2. The molecule has 6 heteroatoms. The quantitative estimate of drug-likeness (QED) is 0.400. The molecule has 5 nitrogen and oxygen atoms in total. The van der Waals surface area contributed by atoms with Crippen LogP contribution in [0.3, 0.4) is 0 Å². The van der Waals surface area contributed by atoms with Crippen molar-refractivity contribution in [3.8, 4) is 11.3 Å². The summed E-state index contributed by atoms with van der Waals surface area (Å²) in [7, 11) is 0. The van der Waals surface area contributed by atoms with Gasteiger partial charge in [-0.3, -0.25) is 9.36 Å². The van der Waals surface area contributed by atoms with Gasteiger partial charge in [0.05, 0.1) is 13.0 Å². The molecule has 1 aliphatic rings.